The van der Waals surface area contributed by atoms with Crippen molar-refractivity contribution in [3.05, 3.63) is 35.4 Å². The Hall–Kier alpha value is -0.820. The third-order valence-corrected chi connectivity index (χ3v) is 4.16. The molecule has 1 fully saturated rings. The zero-order valence-corrected chi connectivity index (χ0v) is 12.7. The lowest BCUT2D eigenvalue weighted by Crippen LogP contribution is -2.16. The summed E-state index contributed by atoms with van der Waals surface area (Å²) in [6.45, 7) is 8.52. The van der Waals surface area contributed by atoms with Crippen molar-refractivity contribution in [3.8, 4) is 0 Å². The lowest BCUT2D eigenvalue weighted by molar-refractivity contribution is 0.0731. The Labute approximate surface area is 118 Å². The molecule has 0 unspecified atom stereocenters. The molecule has 0 radical (unpaired) electrons. The second-order valence-corrected chi connectivity index (χ2v) is 6.93. The van der Waals surface area contributed by atoms with Gasteiger partial charge >= 0.3 is 0 Å². The summed E-state index contributed by atoms with van der Waals surface area (Å²) in [6, 6.07) is 8.69. The predicted molar refractivity (Wildman–Crippen MR) is 81.4 cm³/mol. The Bertz CT molecular complexity index is 383. The van der Waals surface area contributed by atoms with E-state index in [9.17, 15) is 0 Å². The first-order valence-corrected chi connectivity index (χ1v) is 7.73. The van der Waals surface area contributed by atoms with Gasteiger partial charge in [0.25, 0.3) is 0 Å². The average Bonchev–Trinajstić information content (AvgIpc) is 2.39. The minimum Gasteiger partial charge on any atom is -0.376 e. The van der Waals surface area contributed by atoms with Crippen molar-refractivity contribution in [3.63, 3.8) is 0 Å². The van der Waals surface area contributed by atoms with Crippen LogP contribution in [0.5, 0.6) is 0 Å². The first-order valence-electron chi connectivity index (χ1n) is 7.73. The van der Waals surface area contributed by atoms with Gasteiger partial charge in [0.2, 0.25) is 0 Å². The quantitative estimate of drug-likeness (QED) is 0.733. The Balaban J connectivity index is 1.88. The summed E-state index contributed by atoms with van der Waals surface area (Å²) in [7, 11) is 0. The van der Waals surface area contributed by atoms with E-state index < -0.39 is 0 Å². The molecule has 0 saturated heterocycles. The smallest absolute Gasteiger partial charge is 0.0719 e. The topological polar surface area (TPSA) is 9.23 Å². The van der Waals surface area contributed by atoms with Crippen LogP contribution in [-0.2, 0) is 16.8 Å². The lowest BCUT2D eigenvalue weighted by Gasteiger charge is -2.24. The van der Waals surface area contributed by atoms with E-state index >= 15 is 0 Å². The lowest BCUT2D eigenvalue weighted by atomic mass is 9.84. The van der Waals surface area contributed by atoms with Crippen LogP contribution in [0, 0.1) is 5.92 Å². The van der Waals surface area contributed by atoms with E-state index in [1.54, 1.807) is 0 Å². The minimum absolute atomic E-state index is 0.199. The minimum atomic E-state index is 0.199. The zero-order valence-electron chi connectivity index (χ0n) is 12.7. The Kier molecular flexibility index (Phi) is 5.04. The largest absolute Gasteiger partial charge is 0.376 e. The van der Waals surface area contributed by atoms with Crippen LogP contribution in [0.1, 0.15) is 64.0 Å². The molecule has 1 heteroatoms. The van der Waals surface area contributed by atoms with Gasteiger partial charge in [-0.25, -0.2) is 0 Å². The van der Waals surface area contributed by atoms with Gasteiger partial charge in [-0.05, 0) is 35.3 Å². The molecule has 0 amide bonds. The van der Waals surface area contributed by atoms with Gasteiger partial charge in [0.05, 0.1) is 6.61 Å². The molecule has 0 aromatic heterocycles. The van der Waals surface area contributed by atoms with E-state index in [0.717, 1.165) is 19.1 Å². The fourth-order valence-corrected chi connectivity index (χ4v) is 3.07. The van der Waals surface area contributed by atoms with E-state index in [4.69, 9.17) is 4.74 Å². The maximum atomic E-state index is 6.00. The van der Waals surface area contributed by atoms with E-state index in [-0.39, 0.29) is 5.41 Å². The van der Waals surface area contributed by atoms with Crippen molar-refractivity contribution in [2.24, 2.45) is 5.92 Å². The highest BCUT2D eigenvalue weighted by molar-refractivity contribution is 5.32. The highest BCUT2D eigenvalue weighted by Gasteiger charge is 2.18. The van der Waals surface area contributed by atoms with Crippen LogP contribution < -0.4 is 0 Å². The second kappa shape index (κ2) is 6.56. The van der Waals surface area contributed by atoms with Gasteiger partial charge in [0, 0.05) is 6.61 Å². The standard InChI is InChI=1S/C18H28O/c1-18(2,3)17-12-8-7-11-16(17)14-19-13-15-9-5-4-6-10-15/h7-8,11-12,15H,4-6,9-10,13-14H2,1-3H3. The zero-order chi connectivity index (χ0) is 13.7. The van der Waals surface area contributed by atoms with Gasteiger partial charge in [0.1, 0.15) is 0 Å². The van der Waals surface area contributed by atoms with Crippen LogP contribution in [0.25, 0.3) is 0 Å². The maximum absolute atomic E-state index is 6.00. The molecule has 1 saturated carbocycles. The molecule has 0 bridgehead atoms. The highest BCUT2D eigenvalue weighted by Crippen LogP contribution is 2.27. The molecule has 0 aliphatic heterocycles. The third-order valence-electron chi connectivity index (χ3n) is 4.16. The number of rotatable bonds is 4. The van der Waals surface area contributed by atoms with Gasteiger partial charge in [-0.3, -0.25) is 0 Å². The first kappa shape index (κ1) is 14.6. The van der Waals surface area contributed by atoms with Gasteiger partial charge < -0.3 is 4.74 Å². The van der Waals surface area contributed by atoms with Crippen LogP contribution in [0.2, 0.25) is 0 Å². The Morgan fingerprint density at radius 1 is 1.05 bits per heavy atom. The van der Waals surface area contributed by atoms with Crippen molar-refractivity contribution in [2.75, 3.05) is 6.61 Å². The van der Waals surface area contributed by atoms with Gasteiger partial charge in [-0.15, -0.1) is 0 Å². The molecule has 1 aliphatic rings. The van der Waals surface area contributed by atoms with E-state index in [0.29, 0.717) is 0 Å². The molecule has 1 aromatic rings. The molecular formula is C18H28O. The monoisotopic (exact) mass is 260 g/mol. The van der Waals surface area contributed by atoms with E-state index in [2.05, 4.69) is 45.0 Å². The molecule has 2 rings (SSSR count). The van der Waals surface area contributed by atoms with Crippen LogP contribution in [-0.4, -0.2) is 6.61 Å². The molecular weight excluding hydrogens is 232 g/mol. The first-order chi connectivity index (χ1) is 9.07. The number of hydrogen-bond donors (Lipinski definition) is 0. The third kappa shape index (κ3) is 4.35. The summed E-state index contributed by atoms with van der Waals surface area (Å²) >= 11 is 0. The maximum Gasteiger partial charge on any atom is 0.0719 e. The molecule has 0 heterocycles. The number of benzene rings is 1. The van der Waals surface area contributed by atoms with Crippen molar-refractivity contribution in [2.45, 2.75) is 64.9 Å². The SMILES string of the molecule is CC(C)(C)c1ccccc1COCC1CCCCC1. The van der Waals surface area contributed by atoms with Crippen molar-refractivity contribution in [1.29, 1.82) is 0 Å². The van der Waals surface area contributed by atoms with Crippen LogP contribution in [0.3, 0.4) is 0 Å². The summed E-state index contributed by atoms with van der Waals surface area (Å²) in [4.78, 5) is 0. The van der Waals surface area contributed by atoms with E-state index in [1.165, 1.54) is 43.2 Å². The normalized spacial score (nSPS) is 17.6. The summed E-state index contributed by atoms with van der Waals surface area (Å²) in [5.41, 5.74) is 2.97. The molecule has 0 N–H and O–H groups in total. The van der Waals surface area contributed by atoms with Gasteiger partial charge in [0.15, 0.2) is 0 Å². The molecule has 0 spiro atoms. The molecule has 1 aromatic carbocycles. The molecule has 1 aliphatic carbocycles. The van der Waals surface area contributed by atoms with Crippen LogP contribution >= 0.6 is 0 Å². The van der Waals surface area contributed by atoms with Gasteiger partial charge in [-0.1, -0.05) is 64.3 Å². The molecule has 1 nitrogen and oxygen atoms in total. The fourth-order valence-electron chi connectivity index (χ4n) is 3.07. The molecule has 19 heavy (non-hydrogen) atoms. The Morgan fingerprint density at radius 3 is 2.42 bits per heavy atom. The van der Waals surface area contributed by atoms with Crippen molar-refractivity contribution >= 4 is 0 Å². The van der Waals surface area contributed by atoms with Crippen molar-refractivity contribution < 1.29 is 4.74 Å². The summed E-state index contributed by atoms with van der Waals surface area (Å²) in [5, 5.41) is 0. The molecule has 106 valence electrons. The molecule has 0 atom stereocenters. The second-order valence-electron chi connectivity index (χ2n) is 6.93. The number of hydrogen-bond acceptors (Lipinski definition) is 1. The summed E-state index contributed by atoms with van der Waals surface area (Å²) < 4.78 is 6.00. The predicted octanol–water partition coefficient (Wildman–Crippen LogP) is 5.08. The number of ether oxygens (including phenoxy) is 1. The van der Waals surface area contributed by atoms with Crippen molar-refractivity contribution in [1.82, 2.24) is 0 Å². The summed E-state index contributed by atoms with van der Waals surface area (Å²) in [5.74, 6) is 0.801. The van der Waals surface area contributed by atoms with E-state index in [1.807, 2.05) is 0 Å². The highest BCUT2D eigenvalue weighted by atomic mass is 16.5. The van der Waals surface area contributed by atoms with Gasteiger partial charge in [-0.2, -0.15) is 0 Å². The average molecular weight is 260 g/mol. The summed E-state index contributed by atoms with van der Waals surface area (Å²) in [6.07, 6.45) is 6.93. The fraction of sp³-hybridized carbons (Fsp3) is 0.667. The van der Waals surface area contributed by atoms with Crippen LogP contribution in [0.15, 0.2) is 24.3 Å². The van der Waals surface area contributed by atoms with Crippen LogP contribution in [0.4, 0.5) is 0 Å². The Morgan fingerprint density at radius 2 is 1.74 bits per heavy atom.